The molecule has 4 aromatic rings. The molecule has 6 nitrogen and oxygen atoms in total. The molecule has 3 N–H and O–H groups in total. The Kier molecular flexibility index (Phi) is 5.45. The molecule has 152 valence electrons. The number of anilines is 1. The summed E-state index contributed by atoms with van der Waals surface area (Å²) in [7, 11) is 0. The number of halogens is 3. The summed E-state index contributed by atoms with van der Waals surface area (Å²) in [5.41, 5.74) is 1.87. The zero-order chi connectivity index (χ0) is 21.3. The first-order valence-electron chi connectivity index (χ1n) is 8.97. The number of carboxylic acid groups (broad SMARTS) is 1. The molecule has 9 heteroatoms. The number of fused-ring (bicyclic) bond motifs is 1. The van der Waals surface area contributed by atoms with E-state index in [0.29, 0.717) is 27.2 Å². The van der Waals surface area contributed by atoms with Crippen LogP contribution >= 0.6 is 15.9 Å². The minimum atomic E-state index is -1.02. The highest BCUT2D eigenvalue weighted by Crippen LogP contribution is 2.26. The second kappa shape index (κ2) is 8.19. The second-order valence-electron chi connectivity index (χ2n) is 6.57. The van der Waals surface area contributed by atoms with Crippen molar-refractivity contribution in [3.63, 3.8) is 0 Å². The predicted molar refractivity (Wildman–Crippen MR) is 113 cm³/mol. The number of nitrogens with one attached hydrogen (secondary N) is 2. The summed E-state index contributed by atoms with van der Waals surface area (Å²) < 4.78 is 28.2. The van der Waals surface area contributed by atoms with Crippen LogP contribution in [0.1, 0.15) is 15.9 Å². The molecule has 2 aromatic heterocycles. The van der Waals surface area contributed by atoms with Gasteiger partial charge in [-0.15, -0.1) is 0 Å². The van der Waals surface area contributed by atoms with E-state index in [9.17, 15) is 18.7 Å². The number of hydrogen-bond acceptors (Lipinski definition) is 4. The van der Waals surface area contributed by atoms with Crippen LogP contribution in [0.5, 0.6) is 0 Å². The monoisotopic (exact) mass is 472 g/mol. The summed E-state index contributed by atoms with van der Waals surface area (Å²) in [5.74, 6) is -1.76. The van der Waals surface area contributed by atoms with Crippen LogP contribution in [0.4, 0.5) is 14.6 Å². The summed E-state index contributed by atoms with van der Waals surface area (Å²) in [6, 6.07) is 10.9. The maximum Gasteiger partial charge on any atom is 0.337 e. The van der Waals surface area contributed by atoms with Gasteiger partial charge in [-0.3, -0.25) is 0 Å². The number of rotatable bonds is 6. The maximum absolute atomic E-state index is 13.9. The van der Waals surface area contributed by atoms with Crippen LogP contribution in [-0.2, 0) is 6.42 Å². The summed E-state index contributed by atoms with van der Waals surface area (Å²) in [4.78, 5) is 22.9. The number of carboxylic acids is 1. The fourth-order valence-electron chi connectivity index (χ4n) is 3.20. The second-order valence-corrected chi connectivity index (χ2v) is 7.49. The Morgan fingerprint density at radius 1 is 1.13 bits per heavy atom. The number of hydrogen-bond donors (Lipinski definition) is 3. The van der Waals surface area contributed by atoms with Gasteiger partial charge in [0.15, 0.2) is 0 Å². The molecule has 0 radical (unpaired) electrons. The molecule has 0 amide bonds. The van der Waals surface area contributed by atoms with E-state index in [0.717, 1.165) is 5.39 Å². The number of aromatic nitrogens is 3. The fraction of sp³-hybridized carbons (Fsp3) is 0.0952. The summed E-state index contributed by atoms with van der Waals surface area (Å²) in [6.07, 6.45) is 1.50. The smallest absolute Gasteiger partial charge is 0.337 e. The molecular weight excluding hydrogens is 458 g/mol. The van der Waals surface area contributed by atoms with Crippen molar-refractivity contribution in [2.45, 2.75) is 6.42 Å². The zero-order valence-corrected chi connectivity index (χ0v) is 17.0. The third-order valence-corrected chi connectivity index (χ3v) is 5.07. The molecule has 30 heavy (non-hydrogen) atoms. The molecule has 0 saturated carbocycles. The van der Waals surface area contributed by atoms with Crippen LogP contribution in [0, 0.1) is 11.6 Å². The van der Waals surface area contributed by atoms with Crippen LogP contribution in [0.15, 0.2) is 53.3 Å². The lowest BCUT2D eigenvalue weighted by Crippen LogP contribution is -2.09. The van der Waals surface area contributed by atoms with Crippen LogP contribution in [0.2, 0.25) is 0 Å². The molecule has 2 aromatic carbocycles. The lowest BCUT2D eigenvalue weighted by atomic mass is 10.1. The minimum absolute atomic E-state index is 0.00297. The van der Waals surface area contributed by atoms with E-state index < -0.39 is 17.6 Å². The van der Waals surface area contributed by atoms with Gasteiger partial charge in [0, 0.05) is 28.0 Å². The van der Waals surface area contributed by atoms with Crippen LogP contribution in [0.3, 0.4) is 0 Å². The molecule has 0 fully saturated rings. The highest BCUT2D eigenvalue weighted by molar-refractivity contribution is 9.10. The molecule has 0 aliphatic rings. The number of aromatic carboxylic acids is 1. The molecule has 0 unspecified atom stereocenters. The van der Waals surface area contributed by atoms with E-state index >= 15 is 0 Å². The largest absolute Gasteiger partial charge is 0.478 e. The first kappa shape index (κ1) is 20.0. The third kappa shape index (κ3) is 4.02. The minimum Gasteiger partial charge on any atom is -0.478 e. The van der Waals surface area contributed by atoms with Gasteiger partial charge >= 0.3 is 5.97 Å². The Labute approximate surface area is 178 Å². The van der Waals surface area contributed by atoms with E-state index in [1.807, 2.05) is 6.07 Å². The van der Waals surface area contributed by atoms with Crippen molar-refractivity contribution in [1.29, 1.82) is 0 Å². The number of para-hydroxylation sites is 1. The summed E-state index contributed by atoms with van der Waals surface area (Å²) in [6.45, 7) is 0.266. The van der Waals surface area contributed by atoms with E-state index in [1.165, 1.54) is 24.5 Å². The normalized spacial score (nSPS) is 11.0. The van der Waals surface area contributed by atoms with Gasteiger partial charge < -0.3 is 15.4 Å². The van der Waals surface area contributed by atoms with Crippen molar-refractivity contribution < 1.29 is 18.7 Å². The average molecular weight is 473 g/mol. The maximum atomic E-state index is 13.9. The molecule has 0 aliphatic heterocycles. The topological polar surface area (TPSA) is 90.9 Å². The molecule has 0 bridgehead atoms. The number of H-pyrrole nitrogens is 1. The quantitative estimate of drug-likeness (QED) is 0.366. The Morgan fingerprint density at radius 2 is 1.90 bits per heavy atom. The highest BCUT2D eigenvalue weighted by Gasteiger charge is 2.13. The number of benzene rings is 2. The van der Waals surface area contributed by atoms with Gasteiger partial charge in [0.25, 0.3) is 0 Å². The van der Waals surface area contributed by atoms with Gasteiger partial charge in [-0.1, -0.05) is 28.1 Å². The highest BCUT2D eigenvalue weighted by atomic mass is 79.9. The van der Waals surface area contributed by atoms with Gasteiger partial charge in [0.2, 0.25) is 0 Å². The predicted octanol–water partition coefficient (Wildman–Crippen LogP) is 5.02. The first-order valence-corrected chi connectivity index (χ1v) is 9.76. The molecule has 0 saturated heterocycles. The third-order valence-electron chi connectivity index (χ3n) is 4.62. The average Bonchev–Trinajstić information content (AvgIpc) is 3.14. The van der Waals surface area contributed by atoms with Crippen molar-refractivity contribution in [2.75, 3.05) is 11.9 Å². The van der Waals surface area contributed by atoms with Crippen molar-refractivity contribution in [3.8, 4) is 11.4 Å². The van der Waals surface area contributed by atoms with E-state index in [-0.39, 0.29) is 24.1 Å². The van der Waals surface area contributed by atoms with Gasteiger partial charge in [0.1, 0.15) is 23.8 Å². The molecular formula is C21H15BrF2N4O2. The Hall–Kier alpha value is -3.33. The van der Waals surface area contributed by atoms with E-state index in [1.54, 1.807) is 18.2 Å². The number of carbonyl (C=O) groups is 1. The van der Waals surface area contributed by atoms with E-state index in [2.05, 4.69) is 36.2 Å². The fourth-order valence-corrected chi connectivity index (χ4v) is 3.60. The Bertz CT molecular complexity index is 1240. The van der Waals surface area contributed by atoms with E-state index in [4.69, 9.17) is 0 Å². The number of nitrogens with zero attached hydrogens (tertiary/aromatic N) is 2. The SMILES string of the molecule is O=C(O)c1cccc2cc(-c3cc(NCCc4c(F)cc(Br)cc4F)ncn3)[nH]c12. The van der Waals surface area contributed by atoms with Crippen molar-refractivity contribution >= 4 is 38.6 Å². The lowest BCUT2D eigenvalue weighted by Gasteiger charge is -2.08. The first-order chi connectivity index (χ1) is 14.4. The Balaban J connectivity index is 1.53. The molecule has 0 spiro atoms. The van der Waals surface area contributed by atoms with Gasteiger partial charge in [0.05, 0.1) is 22.5 Å². The van der Waals surface area contributed by atoms with Gasteiger partial charge in [-0.05, 0) is 30.7 Å². The van der Waals surface area contributed by atoms with Gasteiger partial charge in [-0.2, -0.15) is 0 Å². The summed E-state index contributed by atoms with van der Waals surface area (Å²) >= 11 is 3.06. The van der Waals surface area contributed by atoms with Crippen LogP contribution < -0.4 is 5.32 Å². The van der Waals surface area contributed by atoms with Crippen LogP contribution in [0.25, 0.3) is 22.3 Å². The number of aromatic amines is 1. The summed E-state index contributed by atoms with van der Waals surface area (Å²) in [5, 5.41) is 13.1. The molecule has 0 aliphatic carbocycles. The molecule has 0 atom stereocenters. The molecule has 4 rings (SSSR count). The van der Waals surface area contributed by atoms with Crippen molar-refractivity contribution in [2.24, 2.45) is 0 Å². The molecule has 2 heterocycles. The van der Waals surface area contributed by atoms with Crippen LogP contribution in [-0.4, -0.2) is 32.6 Å². The van der Waals surface area contributed by atoms with Crippen molar-refractivity contribution in [1.82, 2.24) is 15.0 Å². The zero-order valence-electron chi connectivity index (χ0n) is 15.4. The van der Waals surface area contributed by atoms with Gasteiger partial charge in [-0.25, -0.2) is 23.5 Å². The lowest BCUT2D eigenvalue weighted by molar-refractivity contribution is 0.0699. The van der Waals surface area contributed by atoms with Crippen molar-refractivity contribution in [3.05, 3.63) is 76.0 Å². The standard InChI is InChI=1S/C21H15BrF2N4O2/c22-12-7-15(23)13(16(24)8-12)4-5-25-19-9-17(26-10-27-19)18-6-11-2-1-3-14(21(29)30)20(11)28-18/h1-3,6-10,28H,4-5H2,(H,29,30)(H,25,26,27). The Morgan fingerprint density at radius 3 is 2.63 bits per heavy atom.